The molecule has 1 aromatic rings. The van der Waals surface area contributed by atoms with E-state index in [1.54, 1.807) is 13.0 Å². The van der Waals surface area contributed by atoms with Crippen LogP contribution in [0.5, 0.6) is 5.75 Å². The van der Waals surface area contributed by atoms with Crippen molar-refractivity contribution in [1.29, 1.82) is 0 Å². The Hall–Kier alpha value is -0.850. The van der Waals surface area contributed by atoms with Gasteiger partial charge in [0.1, 0.15) is 0 Å². The smallest absolute Gasteiger partial charge is 0.379 e. The van der Waals surface area contributed by atoms with Gasteiger partial charge in [-0.1, -0.05) is 15.9 Å². The van der Waals surface area contributed by atoms with Crippen molar-refractivity contribution in [3.05, 3.63) is 28.0 Å². The molecule has 0 aliphatic carbocycles. The van der Waals surface area contributed by atoms with Crippen LogP contribution in [0.25, 0.3) is 0 Å². The first-order chi connectivity index (χ1) is 7.38. The Balaban J connectivity index is 0.000000487. The van der Waals surface area contributed by atoms with E-state index in [0.29, 0.717) is 10.0 Å². The van der Waals surface area contributed by atoms with E-state index < -0.39 is 19.4 Å². The lowest BCUT2D eigenvalue weighted by Gasteiger charge is -2.06. The van der Waals surface area contributed by atoms with Crippen molar-refractivity contribution in [3.63, 3.8) is 0 Å². The number of benzene rings is 1. The van der Waals surface area contributed by atoms with Gasteiger partial charge in [-0.2, -0.15) is 13.2 Å². The van der Waals surface area contributed by atoms with Gasteiger partial charge in [-0.25, -0.2) is 8.78 Å². The summed E-state index contributed by atoms with van der Waals surface area (Å²) < 4.78 is 58.8. The first-order valence-corrected chi connectivity index (χ1v) is 4.74. The molecule has 0 aliphatic heterocycles. The van der Waals surface area contributed by atoms with E-state index in [1.165, 1.54) is 6.07 Å². The predicted molar refractivity (Wildman–Crippen MR) is 52.6 cm³/mol. The van der Waals surface area contributed by atoms with Gasteiger partial charge in [0.2, 0.25) is 6.86 Å². The van der Waals surface area contributed by atoms with Crippen molar-refractivity contribution < 1.29 is 26.7 Å². The highest BCUT2D eigenvalue weighted by atomic mass is 79.9. The van der Waals surface area contributed by atoms with Crippen molar-refractivity contribution >= 4 is 15.9 Å². The van der Waals surface area contributed by atoms with E-state index in [2.05, 4.69) is 20.7 Å². The van der Waals surface area contributed by atoms with Crippen LogP contribution in [-0.4, -0.2) is 13.5 Å². The third-order valence-corrected chi connectivity index (χ3v) is 1.85. The van der Waals surface area contributed by atoms with Crippen LogP contribution >= 0.6 is 15.9 Å². The third kappa shape index (κ3) is 5.89. The standard InChI is InChI=1S/C8H7BrF2O.CHF3/c1-5-2-6(9)3-7(11)8(5)12-4-10;2-1(3)4/h2-3H,4H2,1H3;1H. The predicted octanol–water partition coefficient (Wildman–Crippen LogP) is 4.38. The van der Waals surface area contributed by atoms with Gasteiger partial charge in [-0.15, -0.1) is 0 Å². The van der Waals surface area contributed by atoms with Crippen LogP contribution in [0.2, 0.25) is 0 Å². The maximum atomic E-state index is 13.0. The number of ether oxygens (including phenoxy) is 1. The van der Waals surface area contributed by atoms with Crippen molar-refractivity contribution in [3.8, 4) is 5.75 Å². The van der Waals surface area contributed by atoms with Gasteiger partial charge in [-0.05, 0) is 24.6 Å². The van der Waals surface area contributed by atoms with E-state index in [0.717, 1.165) is 0 Å². The maximum absolute atomic E-state index is 13.0. The molecule has 0 N–H and O–H groups in total. The van der Waals surface area contributed by atoms with Crippen molar-refractivity contribution in [2.45, 2.75) is 13.6 Å². The SMILES string of the molecule is Cc1cc(Br)cc(F)c1OCF.FC(F)F. The molecule has 16 heavy (non-hydrogen) atoms. The molecular weight excluding hydrogens is 299 g/mol. The number of hydrogen-bond donors (Lipinski definition) is 0. The molecule has 0 saturated carbocycles. The number of rotatable bonds is 2. The minimum atomic E-state index is -3.67. The Morgan fingerprint density at radius 1 is 1.31 bits per heavy atom. The zero-order valence-electron chi connectivity index (χ0n) is 8.12. The van der Waals surface area contributed by atoms with Gasteiger partial charge in [0, 0.05) is 4.47 Å². The number of hydrogen-bond acceptors (Lipinski definition) is 1. The zero-order valence-corrected chi connectivity index (χ0v) is 9.70. The molecule has 0 saturated heterocycles. The van der Waals surface area contributed by atoms with Crippen LogP contribution in [0.15, 0.2) is 16.6 Å². The summed E-state index contributed by atoms with van der Waals surface area (Å²) in [6, 6.07) is 2.89. The number of aryl methyl sites for hydroxylation is 1. The van der Waals surface area contributed by atoms with Gasteiger partial charge in [0.25, 0.3) is 0 Å². The molecule has 0 heterocycles. The molecule has 0 amide bonds. The number of halogens is 6. The Morgan fingerprint density at radius 2 is 1.81 bits per heavy atom. The molecular formula is C9H8BrF5O. The van der Waals surface area contributed by atoms with Crippen molar-refractivity contribution in [2.24, 2.45) is 0 Å². The van der Waals surface area contributed by atoms with Crippen LogP contribution in [-0.2, 0) is 0 Å². The van der Waals surface area contributed by atoms with Gasteiger partial charge < -0.3 is 4.74 Å². The van der Waals surface area contributed by atoms with Gasteiger partial charge in [0.15, 0.2) is 11.6 Å². The van der Waals surface area contributed by atoms with Gasteiger partial charge in [-0.3, -0.25) is 0 Å². The van der Waals surface area contributed by atoms with E-state index in [-0.39, 0.29) is 5.75 Å². The average molecular weight is 307 g/mol. The lowest BCUT2D eigenvalue weighted by Crippen LogP contribution is -1.96. The van der Waals surface area contributed by atoms with E-state index in [4.69, 9.17) is 0 Å². The first kappa shape index (κ1) is 15.2. The van der Waals surface area contributed by atoms with Crippen LogP contribution in [0, 0.1) is 12.7 Å². The molecule has 0 fully saturated rings. The zero-order chi connectivity index (χ0) is 12.7. The quantitative estimate of drug-likeness (QED) is 0.737. The Morgan fingerprint density at radius 3 is 2.19 bits per heavy atom. The molecule has 0 unspecified atom stereocenters. The number of alkyl halides is 4. The Labute approximate surface area is 97.3 Å². The summed E-state index contributed by atoms with van der Waals surface area (Å²) in [7, 11) is 0. The molecule has 0 aliphatic rings. The largest absolute Gasteiger partial charge is 0.460 e. The third-order valence-electron chi connectivity index (χ3n) is 1.39. The molecule has 0 spiro atoms. The second-order valence-electron chi connectivity index (χ2n) is 2.53. The summed E-state index contributed by atoms with van der Waals surface area (Å²) in [4.78, 5) is 0. The van der Waals surface area contributed by atoms with E-state index >= 15 is 0 Å². The molecule has 0 bridgehead atoms. The normalized spacial score (nSPS) is 9.75. The van der Waals surface area contributed by atoms with Gasteiger partial charge in [0.05, 0.1) is 0 Å². The van der Waals surface area contributed by atoms with Gasteiger partial charge >= 0.3 is 6.68 Å². The molecule has 0 aromatic heterocycles. The maximum Gasteiger partial charge on any atom is 0.379 e. The summed E-state index contributed by atoms with van der Waals surface area (Å²) in [5.74, 6) is -0.583. The minimum Gasteiger partial charge on any atom is -0.460 e. The van der Waals surface area contributed by atoms with Crippen LogP contribution in [0.4, 0.5) is 22.0 Å². The van der Waals surface area contributed by atoms with Crippen molar-refractivity contribution in [2.75, 3.05) is 6.86 Å². The monoisotopic (exact) mass is 306 g/mol. The fraction of sp³-hybridized carbons (Fsp3) is 0.333. The molecule has 0 atom stereocenters. The lowest BCUT2D eigenvalue weighted by atomic mass is 10.2. The highest BCUT2D eigenvalue weighted by Crippen LogP contribution is 2.26. The summed E-state index contributed by atoms with van der Waals surface area (Å²) >= 11 is 3.11. The lowest BCUT2D eigenvalue weighted by molar-refractivity contribution is 0.00819. The van der Waals surface area contributed by atoms with E-state index in [1.807, 2.05) is 0 Å². The molecule has 7 heteroatoms. The second-order valence-corrected chi connectivity index (χ2v) is 3.45. The molecule has 0 radical (unpaired) electrons. The van der Waals surface area contributed by atoms with Crippen LogP contribution < -0.4 is 4.74 Å². The summed E-state index contributed by atoms with van der Waals surface area (Å²) in [6.07, 6.45) is 0. The molecule has 1 rings (SSSR count). The Kier molecular flexibility index (Phi) is 7.03. The highest BCUT2D eigenvalue weighted by molar-refractivity contribution is 9.10. The fourth-order valence-electron chi connectivity index (χ4n) is 0.926. The first-order valence-electron chi connectivity index (χ1n) is 3.95. The summed E-state index contributed by atoms with van der Waals surface area (Å²) in [5, 5.41) is 0. The van der Waals surface area contributed by atoms with Crippen molar-refractivity contribution in [1.82, 2.24) is 0 Å². The summed E-state index contributed by atoms with van der Waals surface area (Å²) in [6.45, 7) is -3.03. The van der Waals surface area contributed by atoms with Crippen LogP contribution in [0.3, 0.4) is 0 Å². The Bertz CT molecular complexity index is 306. The fourth-order valence-corrected chi connectivity index (χ4v) is 1.47. The molecule has 1 aromatic carbocycles. The van der Waals surface area contributed by atoms with E-state index in [9.17, 15) is 22.0 Å². The highest BCUT2D eigenvalue weighted by Gasteiger charge is 2.07. The minimum absolute atomic E-state index is 0.0271. The summed E-state index contributed by atoms with van der Waals surface area (Å²) in [5.41, 5.74) is 0.569. The topological polar surface area (TPSA) is 9.23 Å². The molecule has 92 valence electrons. The second kappa shape index (κ2) is 7.43. The van der Waals surface area contributed by atoms with Crippen LogP contribution in [0.1, 0.15) is 5.56 Å². The average Bonchev–Trinajstić information content (AvgIpc) is 2.10. The molecule has 1 nitrogen and oxygen atoms in total.